The molecule has 0 atom stereocenters. The topological polar surface area (TPSA) is 79.4 Å². The number of nitrogens with one attached hydrogen (secondary N) is 2. The second-order valence-corrected chi connectivity index (χ2v) is 7.65. The molecule has 6 heteroatoms. The average Bonchev–Trinajstić information content (AvgIpc) is 3.47. The van der Waals surface area contributed by atoms with Gasteiger partial charge in [-0.1, -0.05) is 30.3 Å². The highest BCUT2D eigenvalue weighted by atomic mass is 16.5. The van der Waals surface area contributed by atoms with Crippen LogP contribution in [0.3, 0.4) is 0 Å². The monoisotopic (exact) mass is 410 g/mol. The largest absolute Gasteiger partial charge is 0.497 e. The van der Waals surface area contributed by atoms with E-state index >= 15 is 0 Å². The fourth-order valence-corrected chi connectivity index (χ4v) is 4.14. The third-order valence-electron chi connectivity index (χ3n) is 5.81. The van der Waals surface area contributed by atoms with E-state index in [0.717, 1.165) is 35.4 Å². The van der Waals surface area contributed by atoms with Crippen LogP contribution in [-0.2, 0) is 12.8 Å². The number of aromatic nitrogens is 2. The minimum atomic E-state index is -0.336. The van der Waals surface area contributed by atoms with E-state index in [1.807, 2.05) is 31.2 Å². The first-order valence-corrected chi connectivity index (χ1v) is 10.2. The molecule has 0 radical (unpaired) electrons. The Bertz CT molecular complexity index is 1310. The number of rotatable bonds is 5. The number of H-pyrrole nitrogens is 1. The quantitative estimate of drug-likeness (QED) is 0.376. The lowest BCUT2D eigenvalue weighted by atomic mass is 9.98. The van der Waals surface area contributed by atoms with Gasteiger partial charge in [-0.2, -0.15) is 10.2 Å². The summed E-state index contributed by atoms with van der Waals surface area (Å²) in [7, 11) is 1.62. The molecule has 0 aliphatic heterocycles. The van der Waals surface area contributed by atoms with Crippen LogP contribution in [0.25, 0.3) is 22.0 Å². The van der Waals surface area contributed by atoms with E-state index in [2.05, 4.69) is 51.1 Å². The molecule has 0 spiro atoms. The number of methoxy groups -OCH3 is 1. The molecule has 0 saturated heterocycles. The van der Waals surface area contributed by atoms with Crippen molar-refractivity contribution in [2.24, 2.45) is 5.10 Å². The van der Waals surface area contributed by atoms with Crippen LogP contribution in [0.15, 0.2) is 65.8 Å². The van der Waals surface area contributed by atoms with E-state index < -0.39 is 0 Å². The van der Waals surface area contributed by atoms with Gasteiger partial charge in [0.2, 0.25) is 0 Å². The Balaban J connectivity index is 1.37. The first-order valence-electron chi connectivity index (χ1n) is 10.2. The highest BCUT2D eigenvalue weighted by Gasteiger charge is 2.18. The van der Waals surface area contributed by atoms with E-state index in [9.17, 15) is 4.79 Å². The van der Waals surface area contributed by atoms with Crippen LogP contribution in [0.5, 0.6) is 5.75 Å². The Labute approximate surface area is 179 Å². The summed E-state index contributed by atoms with van der Waals surface area (Å²) in [5.74, 6) is 0.436. The van der Waals surface area contributed by atoms with Crippen LogP contribution in [0, 0.1) is 0 Å². The number of nitrogens with zero attached hydrogens (tertiary/aromatic N) is 2. The smallest absolute Gasteiger partial charge is 0.289 e. The van der Waals surface area contributed by atoms with Gasteiger partial charge in [0, 0.05) is 5.56 Å². The third kappa shape index (κ3) is 3.46. The van der Waals surface area contributed by atoms with Crippen molar-refractivity contribution < 1.29 is 9.53 Å². The molecule has 0 unspecified atom stereocenters. The van der Waals surface area contributed by atoms with Gasteiger partial charge in [-0.05, 0) is 77.6 Å². The van der Waals surface area contributed by atoms with Crippen LogP contribution in [0.1, 0.15) is 34.1 Å². The highest BCUT2D eigenvalue weighted by molar-refractivity contribution is 6.03. The minimum Gasteiger partial charge on any atom is -0.497 e. The summed E-state index contributed by atoms with van der Waals surface area (Å²) in [6, 6.07) is 19.9. The van der Waals surface area contributed by atoms with E-state index in [-0.39, 0.29) is 5.91 Å². The highest BCUT2D eigenvalue weighted by Crippen LogP contribution is 2.36. The summed E-state index contributed by atoms with van der Waals surface area (Å²) in [6.07, 6.45) is 2.16. The number of hydrogen-bond donors (Lipinski definition) is 2. The van der Waals surface area contributed by atoms with Crippen LogP contribution < -0.4 is 10.2 Å². The molecule has 5 rings (SSSR count). The molecule has 31 heavy (non-hydrogen) atoms. The number of benzene rings is 3. The second-order valence-electron chi connectivity index (χ2n) is 7.65. The summed E-state index contributed by atoms with van der Waals surface area (Å²) >= 11 is 0. The number of carbonyl (C=O) groups is 1. The van der Waals surface area contributed by atoms with Crippen molar-refractivity contribution in [3.8, 4) is 17.0 Å². The lowest BCUT2D eigenvalue weighted by molar-refractivity contribution is 0.0950. The Morgan fingerprint density at radius 3 is 2.61 bits per heavy atom. The maximum absolute atomic E-state index is 12.6. The third-order valence-corrected chi connectivity index (χ3v) is 5.81. The molecule has 2 N–H and O–H groups in total. The van der Waals surface area contributed by atoms with Crippen molar-refractivity contribution in [3.05, 3.63) is 83.0 Å². The fourth-order valence-electron chi connectivity index (χ4n) is 4.14. The number of ether oxygens (including phenoxy) is 1. The zero-order valence-corrected chi connectivity index (χ0v) is 17.4. The van der Waals surface area contributed by atoms with E-state index in [0.29, 0.717) is 11.4 Å². The van der Waals surface area contributed by atoms with Crippen molar-refractivity contribution in [1.82, 2.24) is 15.6 Å². The molecule has 0 saturated carbocycles. The predicted molar refractivity (Wildman–Crippen MR) is 122 cm³/mol. The van der Waals surface area contributed by atoms with Crippen LogP contribution >= 0.6 is 0 Å². The van der Waals surface area contributed by atoms with Crippen molar-refractivity contribution in [1.29, 1.82) is 0 Å². The summed E-state index contributed by atoms with van der Waals surface area (Å²) in [5.41, 5.74) is 9.10. The molecular formula is C25H22N4O2. The van der Waals surface area contributed by atoms with Gasteiger partial charge in [0.25, 0.3) is 5.91 Å². The first kappa shape index (κ1) is 19.1. The zero-order valence-electron chi connectivity index (χ0n) is 17.4. The number of aryl methyl sites for hydroxylation is 2. The summed E-state index contributed by atoms with van der Waals surface area (Å²) in [4.78, 5) is 12.6. The molecule has 3 aromatic carbocycles. The van der Waals surface area contributed by atoms with Gasteiger partial charge in [-0.3, -0.25) is 9.89 Å². The van der Waals surface area contributed by atoms with Crippen molar-refractivity contribution in [3.63, 3.8) is 0 Å². The van der Waals surface area contributed by atoms with E-state index in [1.165, 1.54) is 21.9 Å². The van der Waals surface area contributed by atoms with Crippen LogP contribution in [0.4, 0.5) is 0 Å². The summed E-state index contributed by atoms with van der Waals surface area (Å²) in [5, 5.41) is 14.0. The zero-order chi connectivity index (χ0) is 21.4. The summed E-state index contributed by atoms with van der Waals surface area (Å²) < 4.78 is 5.17. The molecule has 1 aliphatic rings. The van der Waals surface area contributed by atoms with Gasteiger partial charge >= 0.3 is 0 Å². The lowest BCUT2D eigenvalue weighted by Crippen LogP contribution is -2.19. The first-order chi connectivity index (χ1) is 15.1. The Morgan fingerprint density at radius 2 is 1.84 bits per heavy atom. The summed E-state index contributed by atoms with van der Waals surface area (Å²) in [6.45, 7) is 1.84. The molecule has 1 amide bonds. The normalized spacial score (nSPS) is 12.9. The van der Waals surface area contributed by atoms with Gasteiger partial charge in [0.15, 0.2) is 0 Å². The average molecular weight is 410 g/mol. The van der Waals surface area contributed by atoms with Gasteiger partial charge in [0.05, 0.1) is 18.5 Å². The Hall–Kier alpha value is -3.93. The molecule has 154 valence electrons. The van der Waals surface area contributed by atoms with E-state index in [4.69, 9.17) is 4.74 Å². The second kappa shape index (κ2) is 7.72. The van der Waals surface area contributed by atoms with Crippen molar-refractivity contribution >= 4 is 22.4 Å². The van der Waals surface area contributed by atoms with Crippen molar-refractivity contribution in [2.75, 3.05) is 7.11 Å². The van der Waals surface area contributed by atoms with Gasteiger partial charge < -0.3 is 4.74 Å². The minimum absolute atomic E-state index is 0.336. The Morgan fingerprint density at radius 1 is 1.06 bits per heavy atom. The lowest BCUT2D eigenvalue weighted by Gasteiger charge is -2.06. The molecule has 4 aromatic rings. The molecule has 0 fully saturated rings. The van der Waals surface area contributed by atoms with Crippen molar-refractivity contribution in [2.45, 2.75) is 19.8 Å². The Kier molecular flexibility index (Phi) is 4.75. The molecule has 0 bridgehead atoms. The number of aromatic amines is 1. The standard InChI is InChI=1S/C25H22N4O2/c1-15(16-8-11-19(31-2)12-9-16)26-29-25(30)23-14-22(27-28-23)20-13-10-18-7-6-17-4-3-5-21(20)24(17)18/h3-5,8-14H,6-7H2,1-2H3,(H,27,28)(H,29,30)/b26-15+. The molecule has 1 aliphatic carbocycles. The van der Waals surface area contributed by atoms with Gasteiger partial charge in [0.1, 0.15) is 11.4 Å². The molecule has 6 nitrogen and oxygen atoms in total. The maximum Gasteiger partial charge on any atom is 0.289 e. The van der Waals surface area contributed by atoms with E-state index in [1.54, 1.807) is 13.2 Å². The van der Waals surface area contributed by atoms with Crippen LogP contribution in [0.2, 0.25) is 0 Å². The number of carbonyl (C=O) groups excluding carboxylic acids is 1. The number of hydrogen-bond acceptors (Lipinski definition) is 4. The maximum atomic E-state index is 12.6. The predicted octanol–water partition coefficient (Wildman–Crippen LogP) is 4.49. The number of hydrazone groups is 1. The molecule has 1 aromatic heterocycles. The SMILES string of the molecule is COc1ccc(/C(C)=N/NC(=O)c2cc(-c3ccc4c5c(cccc35)CC4)n[nH]2)cc1. The molecule has 1 heterocycles. The fraction of sp³-hybridized carbons (Fsp3) is 0.160. The van der Waals surface area contributed by atoms with Gasteiger partial charge in [-0.15, -0.1) is 0 Å². The van der Waals surface area contributed by atoms with Gasteiger partial charge in [-0.25, -0.2) is 5.43 Å². The van der Waals surface area contributed by atoms with Crippen LogP contribution in [-0.4, -0.2) is 28.9 Å². The molecular weight excluding hydrogens is 388 g/mol. The number of amides is 1.